The van der Waals surface area contributed by atoms with Crippen molar-refractivity contribution in [2.24, 2.45) is 0 Å². The molecule has 0 aliphatic carbocycles. The fourth-order valence-corrected chi connectivity index (χ4v) is 3.53. The molecule has 0 bridgehead atoms. The molecule has 3 rings (SSSR count). The number of amides is 2. The predicted octanol–water partition coefficient (Wildman–Crippen LogP) is 4.87. The lowest BCUT2D eigenvalue weighted by molar-refractivity contribution is -0.144. The van der Waals surface area contributed by atoms with Crippen molar-refractivity contribution in [2.45, 2.75) is 4.90 Å². The molecule has 7 nitrogen and oxygen atoms in total. The maximum atomic E-state index is 12.5. The number of esters is 1. The molecule has 170 valence electrons. The third-order valence-electron chi connectivity index (χ3n) is 4.32. The SMILES string of the molecule is COc1ccccc1NC(=O)c1ccc(NC(=O)COC(=O)CSc2ccc(Cl)cc2)cc1. The van der Waals surface area contributed by atoms with E-state index in [0.29, 0.717) is 27.7 Å². The van der Waals surface area contributed by atoms with Crippen LogP contribution in [0.15, 0.2) is 77.7 Å². The number of carbonyl (C=O) groups is 3. The van der Waals surface area contributed by atoms with Crippen molar-refractivity contribution in [1.29, 1.82) is 0 Å². The lowest BCUT2D eigenvalue weighted by atomic mass is 10.2. The fourth-order valence-electron chi connectivity index (χ4n) is 2.71. The summed E-state index contributed by atoms with van der Waals surface area (Å²) in [4.78, 5) is 37.2. The van der Waals surface area contributed by atoms with Crippen molar-refractivity contribution in [3.8, 4) is 5.75 Å². The Morgan fingerprint density at radius 2 is 1.61 bits per heavy atom. The van der Waals surface area contributed by atoms with Crippen LogP contribution < -0.4 is 15.4 Å². The minimum Gasteiger partial charge on any atom is -0.495 e. The first-order valence-electron chi connectivity index (χ1n) is 9.83. The topological polar surface area (TPSA) is 93.7 Å². The van der Waals surface area contributed by atoms with Crippen LogP contribution in [0.25, 0.3) is 0 Å². The first-order valence-corrected chi connectivity index (χ1v) is 11.2. The second kappa shape index (κ2) is 11.9. The van der Waals surface area contributed by atoms with Crippen LogP contribution in [-0.4, -0.2) is 37.3 Å². The van der Waals surface area contributed by atoms with Crippen LogP contribution in [0.2, 0.25) is 5.02 Å². The second-order valence-corrected chi connectivity index (χ2v) is 8.17. The van der Waals surface area contributed by atoms with Crippen LogP contribution in [0.5, 0.6) is 5.75 Å². The molecule has 3 aromatic rings. The highest BCUT2D eigenvalue weighted by atomic mass is 35.5. The number of para-hydroxylation sites is 2. The second-order valence-electron chi connectivity index (χ2n) is 6.68. The van der Waals surface area contributed by atoms with Crippen LogP contribution in [0.3, 0.4) is 0 Å². The molecule has 0 spiro atoms. The molecule has 0 radical (unpaired) electrons. The Bertz CT molecular complexity index is 1120. The molecule has 33 heavy (non-hydrogen) atoms. The average molecular weight is 485 g/mol. The van der Waals surface area contributed by atoms with Gasteiger partial charge >= 0.3 is 5.97 Å². The number of hydrogen-bond donors (Lipinski definition) is 2. The summed E-state index contributed by atoms with van der Waals surface area (Å²) in [6.45, 7) is -0.407. The number of anilines is 2. The van der Waals surface area contributed by atoms with Crippen molar-refractivity contribution in [3.05, 3.63) is 83.4 Å². The maximum absolute atomic E-state index is 12.5. The number of methoxy groups -OCH3 is 1. The molecule has 0 unspecified atom stereocenters. The lowest BCUT2D eigenvalue weighted by Gasteiger charge is -2.10. The highest BCUT2D eigenvalue weighted by Gasteiger charge is 2.11. The molecular formula is C24H21ClN2O5S. The Kier molecular flexibility index (Phi) is 8.74. The van der Waals surface area contributed by atoms with E-state index in [2.05, 4.69) is 10.6 Å². The third kappa shape index (κ3) is 7.55. The maximum Gasteiger partial charge on any atom is 0.316 e. The molecular weight excluding hydrogens is 464 g/mol. The van der Waals surface area contributed by atoms with Crippen molar-refractivity contribution in [2.75, 3.05) is 30.1 Å². The van der Waals surface area contributed by atoms with E-state index in [1.807, 2.05) is 6.07 Å². The normalized spacial score (nSPS) is 10.2. The number of thioether (sulfide) groups is 1. The van der Waals surface area contributed by atoms with Crippen LogP contribution >= 0.6 is 23.4 Å². The Morgan fingerprint density at radius 3 is 2.30 bits per heavy atom. The number of nitrogens with one attached hydrogen (secondary N) is 2. The van der Waals surface area contributed by atoms with Crippen molar-refractivity contribution in [3.63, 3.8) is 0 Å². The van der Waals surface area contributed by atoms with E-state index in [0.717, 1.165) is 4.90 Å². The molecule has 0 aliphatic rings. The summed E-state index contributed by atoms with van der Waals surface area (Å²) in [6.07, 6.45) is 0. The first-order chi connectivity index (χ1) is 15.9. The first kappa shape index (κ1) is 24.2. The smallest absolute Gasteiger partial charge is 0.316 e. The largest absolute Gasteiger partial charge is 0.495 e. The quantitative estimate of drug-likeness (QED) is 0.332. The van der Waals surface area contributed by atoms with E-state index >= 15 is 0 Å². The monoisotopic (exact) mass is 484 g/mol. The lowest BCUT2D eigenvalue weighted by Crippen LogP contribution is -2.21. The van der Waals surface area contributed by atoms with Crippen LogP contribution in [0, 0.1) is 0 Å². The summed E-state index contributed by atoms with van der Waals surface area (Å²) >= 11 is 7.11. The molecule has 0 heterocycles. The van der Waals surface area contributed by atoms with Gasteiger partial charge in [-0.05, 0) is 60.7 Å². The van der Waals surface area contributed by atoms with Gasteiger partial charge in [0.2, 0.25) is 0 Å². The van der Waals surface area contributed by atoms with E-state index in [1.54, 1.807) is 66.7 Å². The Hall–Kier alpha value is -3.49. The van der Waals surface area contributed by atoms with Crippen molar-refractivity contribution in [1.82, 2.24) is 0 Å². The molecule has 3 aromatic carbocycles. The van der Waals surface area contributed by atoms with E-state index in [4.69, 9.17) is 21.1 Å². The summed E-state index contributed by atoms with van der Waals surface area (Å²) in [5, 5.41) is 6.02. The Balaban J connectivity index is 1.44. The van der Waals surface area contributed by atoms with Gasteiger partial charge < -0.3 is 20.1 Å². The molecule has 0 saturated heterocycles. The third-order valence-corrected chi connectivity index (χ3v) is 5.56. The summed E-state index contributed by atoms with van der Waals surface area (Å²) in [5.74, 6) is -0.676. The van der Waals surface area contributed by atoms with E-state index in [9.17, 15) is 14.4 Å². The van der Waals surface area contributed by atoms with Crippen molar-refractivity contribution >= 4 is 52.5 Å². The van der Waals surface area contributed by atoms with Crippen LogP contribution in [-0.2, 0) is 14.3 Å². The number of benzene rings is 3. The van der Waals surface area contributed by atoms with Gasteiger partial charge in [0.25, 0.3) is 11.8 Å². The standard InChI is InChI=1S/C24H21ClN2O5S/c1-31-21-5-3-2-4-20(21)27-24(30)16-6-10-18(11-7-16)26-22(28)14-32-23(29)15-33-19-12-8-17(25)9-13-19/h2-13H,14-15H2,1H3,(H,26,28)(H,27,30). The molecule has 0 fully saturated rings. The highest BCUT2D eigenvalue weighted by molar-refractivity contribution is 8.00. The van der Waals surface area contributed by atoms with Gasteiger partial charge in [-0.25, -0.2) is 0 Å². The average Bonchev–Trinajstić information content (AvgIpc) is 2.83. The number of hydrogen-bond acceptors (Lipinski definition) is 6. The predicted molar refractivity (Wildman–Crippen MR) is 129 cm³/mol. The number of rotatable bonds is 9. The van der Waals surface area contributed by atoms with E-state index in [-0.39, 0.29) is 11.7 Å². The zero-order valence-electron chi connectivity index (χ0n) is 17.7. The molecule has 2 N–H and O–H groups in total. The minimum absolute atomic E-state index is 0.0743. The fraction of sp³-hybridized carbons (Fsp3) is 0.125. The van der Waals surface area contributed by atoms with Gasteiger partial charge in [0.05, 0.1) is 18.6 Å². The van der Waals surface area contributed by atoms with Gasteiger partial charge in [0.15, 0.2) is 6.61 Å². The van der Waals surface area contributed by atoms with Gasteiger partial charge in [-0.1, -0.05) is 23.7 Å². The Morgan fingerprint density at radius 1 is 0.909 bits per heavy atom. The van der Waals surface area contributed by atoms with Gasteiger partial charge in [0, 0.05) is 21.2 Å². The molecule has 0 aromatic heterocycles. The van der Waals surface area contributed by atoms with E-state index < -0.39 is 18.5 Å². The molecule has 0 aliphatic heterocycles. The minimum atomic E-state index is -0.506. The molecule has 0 atom stereocenters. The van der Waals surface area contributed by atoms with Crippen LogP contribution in [0.1, 0.15) is 10.4 Å². The highest BCUT2D eigenvalue weighted by Crippen LogP contribution is 2.24. The van der Waals surface area contributed by atoms with Crippen molar-refractivity contribution < 1.29 is 23.9 Å². The molecule has 9 heteroatoms. The van der Waals surface area contributed by atoms with Gasteiger partial charge in [0.1, 0.15) is 5.75 Å². The van der Waals surface area contributed by atoms with Gasteiger partial charge in [-0.15, -0.1) is 11.8 Å². The van der Waals surface area contributed by atoms with Gasteiger partial charge in [-0.3, -0.25) is 14.4 Å². The van der Waals surface area contributed by atoms with Gasteiger partial charge in [-0.2, -0.15) is 0 Å². The number of carbonyl (C=O) groups excluding carboxylic acids is 3. The number of ether oxygens (including phenoxy) is 2. The number of halogens is 1. The zero-order valence-corrected chi connectivity index (χ0v) is 19.2. The summed E-state index contributed by atoms with van der Waals surface area (Å²) < 4.78 is 10.2. The van der Waals surface area contributed by atoms with Crippen LogP contribution in [0.4, 0.5) is 11.4 Å². The van der Waals surface area contributed by atoms with E-state index in [1.165, 1.54) is 18.9 Å². The zero-order chi connectivity index (χ0) is 23.6. The summed E-state index contributed by atoms with van der Waals surface area (Å²) in [7, 11) is 1.53. The Labute approximate surface area is 200 Å². The summed E-state index contributed by atoms with van der Waals surface area (Å²) in [6, 6.07) is 20.5. The molecule has 2 amide bonds. The summed E-state index contributed by atoms with van der Waals surface area (Å²) in [5.41, 5.74) is 1.43. The molecule has 0 saturated carbocycles.